The minimum atomic E-state index is -0.857. The Morgan fingerprint density at radius 2 is 1.64 bits per heavy atom. The van der Waals surface area contributed by atoms with Crippen molar-refractivity contribution in [1.29, 1.82) is 5.26 Å². The molecule has 0 saturated carbocycles. The molecule has 0 amide bonds. The summed E-state index contributed by atoms with van der Waals surface area (Å²) in [7, 11) is 0. The Bertz CT molecular complexity index is 247. The number of aliphatic imine (C=N–C) groups is 1. The van der Waals surface area contributed by atoms with Gasteiger partial charge in [-0.3, -0.25) is 0 Å². The Kier molecular flexibility index (Phi) is 5.12. The van der Waals surface area contributed by atoms with Crippen LogP contribution in [0.3, 0.4) is 0 Å². The molecule has 3 heteroatoms. The van der Waals surface area contributed by atoms with E-state index in [1.807, 2.05) is 27.7 Å². The average Bonchev–Trinajstić information content (AvgIpc) is 2.02. The molecule has 0 aromatic heterocycles. The normalized spacial score (nSPS) is 11.2. The van der Waals surface area contributed by atoms with Crippen LogP contribution in [0.25, 0.3) is 0 Å². The summed E-state index contributed by atoms with van der Waals surface area (Å²) >= 11 is 0. The van der Waals surface area contributed by atoms with Gasteiger partial charge in [-0.15, -0.1) is 0 Å². The van der Waals surface area contributed by atoms with Crippen molar-refractivity contribution in [2.45, 2.75) is 46.1 Å². The van der Waals surface area contributed by atoms with Crippen molar-refractivity contribution in [2.75, 3.05) is 0 Å². The summed E-state index contributed by atoms with van der Waals surface area (Å²) in [6, 6.07) is 2.15. The number of hydrogen-bond donors (Lipinski definition) is 0. The molecule has 0 aromatic rings. The Balaban J connectivity index is 4.80. The molecule has 3 nitrogen and oxygen atoms in total. The van der Waals surface area contributed by atoms with Crippen molar-refractivity contribution in [1.82, 2.24) is 0 Å². The summed E-state index contributed by atoms with van der Waals surface area (Å²) in [6.45, 7) is 8.08. The highest BCUT2D eigenvalue weighted by molar-refractivity contribution is 5.37. The summed E-state index contributed by atoms with van der Waals surface area (Å²) in [5, 5.41) is 9.08. The third-order valence-corrected chi connectivity index (χ3v) is 1.96. The van der Waals surface area contributed by atoms with Crippen molar-refractivity contribution < 1.29 is 4.79 Å². The zero-order chi connectivity index (χ0) is 11.2. The first-order valence-electron chi connectivity index (χ1n) is 4.96. The third kappa shape index (κ3) is 4.20. The first-order valence-corrected chi connectivity index (χ1v) is 4.96. The highest BCUT2D eigenvalue weighted by atomic mass is 16.1. The highest BCUT2D eigenvalue weighted by Crippen LogP contribution is 2.27. The molecule has 0 saturated heterocycles. The fourth-order valence-electron chi connectivity index (χ4n) is 1.73. The Labute approximate surface area is 85.8 Å². The molecule has 0 aliphatic rings. The SMILES string of the molecule is CC(C)CC(C#N)(CC(C)C)N=C=O. The number of rotatable bonds is 5. The van der Waals surface area contributed by atoms with Crippen LogP contribution >= 0.6 is 0 Å². The molecule has 0 radical (unpaired) electrons. The predicted octanol–water partition coefficient (Wildman–Crippen LogP) is 2.68. The first-order chi connectivity index (χ1) is 6.45. The monoisotopic (exact) mass is 194 g/mol. The fraction of sp³-hybridized carbons (Fsp3) is 0.818. The third-order valence-electron chi connectivity index (χ3n) is 1.96. The van der Waals surface area contributed by atoms with Crippen LogP contribution in [0.1, 0.15) is 40.5 Å². The molecular formula is C11H18N2O. The summed E-state index contributed by atoms with van der Waals surface area (Å²) in [5.41, 5.74) is -0.857. The number of nitriles is 1. The van der Waals surface area contributed by atoms with Gasteiger partial charge in [-0.25, -0.2) is 4.79 Å². The van der Waals surface area contributed by atoms with E-state index in [1.54, 1.807) is 0 Å². The van der Waals surface area contributed by atoms with Crippen LogP contribution in [-0.2, 0) is 4.79 Å². The average molecular weight is 194 g/mol. The molecule has 78 valence electrons. The molecule has 0 N–H and O–H groups in total. The Morgan fingerprint density at radius 1 is 1.21 bits per heavy atom. The molecule has 0 atom stereocenters. The topological polar surface area (TPSA) is 53.2 Å². The van der Waals surface area contributed by atoms with Crippen LogP contribution < -0.4 is 0 Å². The molecule has 0 bridgehead atoms. The van der Waals surface area contributed by atoms with Crippen LogP contribution in [0.2, 0.25) is 0 Å². The van der Waals surface area contributed by atoms with Gasteiger partial charge < -0.3 is 0 Å². The standard InChI is InChI=1S/C11H18N2O/c1-9(2)5-11(7-12,13-8-14)6-10(3)4/h9-10H,5-6H2,1-4H3. The second-order valence-corrected chi connectivity index (χ2v) is 4.54. The van der Waals surface area contributed by atoms with Gasteiger partial charge in [0.2, 0.25) is 6.08 Å². The second-order valence-electron chi connectivity index (χ2n) is 4.54. The lowest BCUT2D eigenvalue weighted by atomic mass is 9.84. The maximum absolute atomic E-state index is 10.3. The Morgan fingerprint density at radius 3 is 1.86 bits per heavy atom. The van der Waals surface area contributed by atoms with Crippen molar-refractivity contribution in [3.63, 3.8) is 0 Å². The van der Waals surface area contributed by atoms with Gasteiger partial charge in [0, 0.05) is 0 Å². The van der Waals surface area contributed by atoms with Gasteiger partial charge in [0.25, 0.3) is 0 Å². The maximum Gasteiger partial charge on any atom is 0.236 e. The maximum atomic E-state index is 10.3. The van der Waals surface area contributed by atoms with Crippen LogP contribution in [0.5, 0.6) is 0 Å². The molecule has 0 aromatic carbocycles. The summed E-state index contributed by atoms with van der Waals surface area (Å²) in [5.74, 6) is 0.705. The van der Waals surface area contributed by atoms with Gasteiger partial charge in [0.15, 0.2) is 5.54 Å². The minimum absolute atomic E-state index is 0.352. The molecule has 0 aliphatic heterocycles. The van der Waals surface area contributed by atoms with Crippen molar-refractivity contribution in [2.24, 2.45) is 16.8 Å². The van der Waals surface area contributed by atoms with Crippen LogP contribution in [0.15, 0.2) is 4.99 Å². The van der Waals surface area contributed by atoms with Crippen LogP contribution in [0, 0.1) is 23.2 Å². The summed E-state index contributed by atoms with van der Waals surface area (Å²) < 4.78 is 0. The van der Waals surface area contributed by atoms with Gasteiger partial charge in [-0.2, -0.15) is 10.3 Å². The molecule has 0 spiro atoms. The molecule has 14 heavy (non-hydrogen) atoms. The lowest BCUT2D eigenvalue weighted by Gasteiger charge is -2.24. The van der Waals surface area contributed by atoms with E-state index < -0.39 is 5.54 Å². The Hall–Kier alpha value is -1.13. The smallest absolute Gasteiger partial charge is 0.211 e. The van der Waals surface area contributed by atoms with Crippen molar-refractivity contribution in [3.05, 3.63) is 0 Å². The molecule has 0 heterocycles. The first kappa shape index (κ1) is 12.9. The number of nitrogens with zero attached hydrogens (tertiary/aromatic N) is 2. The van der Waals surface area contributed by atoms with Gasteiger partial charge in [-0.1, -0.05) is 27.7 Å². The van der Waals surface area contributed by atoms with Gasteiger partial charge >= 0.3 is 0 Å². The van der Waals surface area contributed by atoms with E-state index in [0.717, 1.165) is 0 Å². The second kappa shape index (κ2) is 5.57. The van der Waals surface area contributed by atoms with Gasteiger partial charge in [-0.05, 0) is 24.7 Å². The largest absolute Gasteiger partial charge is 0.236 e. The van der Waals surface area contributed by atoms with Gasteiger partial charge in [0.05, 0.1) is 6.07 Å². The fourth-order valence-corrected chi connectivity index (χ4v) is 1.73. The van der Waals surface area contributed by atoms with E-state index in [-0.39, 0.29) is 0 Å². The van der Waals surface area contributed by atoms with E-state index in [1.165, 1.54) is 6.08 Å². The number of carbonyl (C=O) groups excluding carboxylic acids is 1. The quantitative estimate of drug-likeness (QED) is 0.499. The molecule has 0 rings (SSSR count). The number of isocyanates is 1. The lowest BCUT2D eigenvalue weighted by Crippen LogP contribution is -2.28. The van der Waals surface area contributed by atoms with E-state index in [4.69, 9.17) is 5.26 Å². The predicted molar refractivity (Wildman–Crippen MR) is 55.4 cm³/mol. The summed E-state index contributed by atoms with van der Waals surface area (Å²) in [4.78, 5) is 14.0. The van der Waals surface area contributed by atoms with Crippen LogP contribution in [-0.4, -0.2) is 11.6 Å². The lowest BCUT2D eigenvalue weighted by molar-refractivity contribution is 0.352. The van der Waals surface area contributed by atoms with Crippen molar-refractivity contribution >= 4 is 6.08 Å². The van der Waals surface area contributed by atoms with Crippen LogP contribution in [0.4, 0.5) is 0 Å². The molecular weight excluding hydrogens is 176 g/mol. The highest BCUT2D eigenvalue weighted by Gasteiger charge is 2.31. The zero-order valence-corrected chi connectivity index (χ0v) is 9.37. The number of hydrogen-bond acceptors (Lipinski definition) is 3. The minimum Gasteiger partial charge on any atom is -0.211 e. The van der Waals surface area contributed by atoms with E-state index in [0.29, 0.717) is 24.7 Å². The zero-order valence-electron chi connectivity index (χ0n) is 9.37. The van der Waals surface area contributed by atoms with E-state index >= 15 is 0 Å². The van der Waals surface area contributed by atoms with E-state index in [9.17, 15) is 4.79 Å². The van der Waals surface area contributed by atoms with Crippen molar-refractivity contribution in [3.8, 4) is 6.07 Å². The summed E-state index contributed by atoms with van der Waals surface area (Å²) in [6.07, 6.45) is 2.77. The molecule has 0 unspecified atom stereocenters. The molecule has 0 fully saturated rings. The van der Waals surface area contributed by atoms with Gasteiger partial charge in [0.1, 0.15) is 0 Å². The van der Waals surface area contributed by atoms with E-state index in [2.05, 4.69) is 11.1 Å². The molecule has 0 aliphatic carbocycles.